The zero-order chi connectivity index (χ0) is 18.1. The fourth-order valence-electron chi connectivity index (χ4n) is 3.37. The molecule has 1 aliphatic heterocycles. The minimum Gasteiger partial charge on any atom is -0.440 e. The first-order valence-electron chi connectivity index (χ1n) is 8.70. The highest BCUT2D eigenvalue weighted by Gasteiger charge is 2.27. The number of likely N-dealkylation sites (tertiary alicyclic amines) is 1. The monoisotopic (exact) mass is 368 g/mol. The fourth-order valence-corrected chi connectivity index (χ4v) is 3.89. The molecule has 0 aliphatic carbocycles. The molecule has 0 bridgehead atoms. The van der Waals surface area contributed by atoms with E-state index in [1.165, 1.54) is 0 Å². The maximum atomic E-state index is 12.7. The number of benzene rings is 2. The number of oxazole rings is 1. The summed E-state index contributed by atoms with van der Waals surface area (Å²) in [6, 6.07) is 14.8. The maximum absolute atomic E-state index is 12.7. The van der Waals surface area contributed by atoms with Crippen LogP contribution >= 0.6 is 0 Å². The molecule has 0 saturated carbocycles. The molecule has 6 heteroatoms. The zero-order valence-electron chi connectivity index (χ0n) is 14.6. The number of hydrogen-bond donors (Lipinski definition) is 0. The highest BCUT2D eigenvalue weighted by Crippen LogP contribution is 2.30. The van der Waals surface area contributed by atoms with Crippen molar-refractivity contribution in [2.75, 3.05) is 19.3 Å². The average Bonchev–Trinajstić information content (AvgIpc) is 3.12. The SMILES string of the molecule is C[S@@](=O)c1ccc(C(=O)N2CCC(c3nc4ccccc4o3)CC2)cc1. The summed E-state index contributed by atoms with van der Waals surface area (Å²) < 4.78 is 17.3. The first kappa shape index (κ1) is 17.0. The van der Waals surface area contributed by atoms with Crippen LogP contribution in [0.3, 0.4) is 0 Å². The molecule has 0 spiro atoms. The Morgan fingerprint density at radius 1 is 1.12 bits per heavy atom. The molecule has 1 atom stereocenters. The lowest BCUT2D eigenvalue weighted by Gasteiger charge is -2.30. The van der Waals surface area contributed by atoms with Gasteiger partial charge in [0.25, 0.3) is 5.91 Å². The standard InChI is InChI=1S/C20H20N2O3S/c1-26(24)16-8-6-15(7-9-16)20(23)22-12-10-14(11-13-22)19-21-17-4-2-3-5-18(17)25-19/h2-9,14H,10-13H2,1H3/t26-/m1/s1. The van der Waals surface area contributed by atoms with Gasteiger partial charge in [-0.05, 0) is 49.2 Å². The van der Waals surface area contributed by atoms with Gasteiger partial charge in [-0.25, -0.2) is 4.98 Å². The van der Waals surface area contributed by atoms with Crippen molar-refractivity contribution in [3.63, 3.8) is 0 Å². The lowest BCUT2D eigenvalue weighted by molar-refractivity contribution is 0.0706. The number of carbonyl (C=O) groups excluding carboxylic acids is 1. The van der Waals surface area contributed by atoms with Gasteiger partial charge in [0.15, 0.2) is 11.5 Å². The number of para-hydroxylation sites is 2. The summed E-state index contributed by atoms with van der Waals surface area (Å²) in [5.41, 5.74) is 2.34. The van der Waals surface area contributed by atoms with Gasteiger partial charge in [-0.15, -0.1) is 0 Å². The molecule has 26 heavy (non-hydrogen) atoms. The van der Waals surface area contributed by atoms with E-state index in [-0.39, 0.29) is 11.8 Å². The molecule has 0 unspecified atom stereocenters. The van der Waals surface area contributed by atoms with Crippen LogP contribution in [0.5, 0.6) is 0 Å². The third-order valence-electron chi connectivity index (χ3n) is 4.88. The summed E-state index contributed by atoms with van der Waals surface area (Å²) in [5.74, 6) is 1.04. The van der Waals surface area contributed by atoms with Crippen molar-refractivity contribution in [1.29, 1.82) is 0 Å². The Morgan fingerprint density at radius 3 is 2.46 bits per heavy atom. The second-order valence-corrected chi connectivity index (χ2v) is 7.94. The van der Waals surface area contributed by atoms with Crippen molar-refractivity contribution in [2.24, 2.45) is 0 Å². The van der Waals surface area contributed by atoms with Crippen LogP contribution in [0, 0.1) is 0 Å². The van der Waals surface area contributed by atoms with E-state index in [1.54, 1.807) is 30.5 Å². The molecule has 2 heterocycles. The summed E-state index contributed by atoms with van der Waals surface area (Å²) in [5, 5.41) is 0. The largest absolute Gasteiger partial charge is 0.440 e. The van der Waals surface area contributed by atoms with Crippen LogP contribution in [0.15, 0.2) is 57.8 Å². The van der Waals surface area contributed by atoms with E-state index in [4.69, 9.17) is 4.42 Å². The molecule has 1 aliphatic rings. The van der Waals surface area contributed by atoms with Crippen molar-refractivity contribution in [3.05, 3.63) is 60.0 Å². The minimum absolute atomic E-state index is 0.0226. The molecule has 1 amide bonds. The Bertz CT molecular complexity index is 924. The molecule has 1 fully saturated rings. The number of fused-ring (bicyclic) bond motifs is 1. The molecule has 134 valence electrons. The van der Waals surface area contributed by atoms with Crippen molar-refractivity contribution < 1.29 is 13.4 Å². The van der Waals surface area contributed by atoms with E-state index >= 15 is 0 Å². The summed E-state index contributed by atoms with van der Waals surface area (Å²) in [6.07, 6.45) is 3.32. The summed E-state index contributed by atoms with van der Waals surface area (Å²) in [4.78, 5) is 19.9. The summed E-state index contributed by atoms with van der Waals surface area (Å²) in [6.45, 7) is 1.37. The van der Waals surface area contributed by atoms with E-state index in [9.17, 15) is 9.00 Å². The van der Waals surface area contributed by atoms with Gasteiger partial charge in [-0.1, -0.05) is 12.1 Å². The molecular formula is C20H20N2O3S. The van der Waals surface area contributed by atoms with Crippen molar-refractivity contribution in [2.45, 2.75) is 23.7 Å². The van der Waals surface area contributed by atoms with Gasteiger partial charge >= 0.3 is 0 Å². The predicted octanol–water partition coefficient (Wildman–Crippen LogP) is 3.59. The number of piperidine rings is 1. The maximum Gasteiger partial charge on any atom is 0.253 e. The smallest absolute Gasteiger partial charge is 0.253 e. The van der Waals surface area contributed by atoms with Crippen LogP contribution in [0.2, 0.25) is 0 Å². The second kappa shape index (κ2) is 7.03. The molecule has 4 rings (SSSR count). The van der Waals surface area contributed by atoms with E-state index in [0.717, 1.165) is 34.7 Å². The van der Waals surface area contributed by atoms with Crippen LogP contribution in [0.25, 0.3) is 11.1 Å². The van der Waals surface area contributed by atoms with Crippen LogP contribution in [0.1, 0.15) is 35.0 Å². The molecule has 3 aromatic rings. The minimum atomic E-state index is -1.03. The predicted molar refractivity (Wildman–Crippen MR) is 101 cm³/mol. The fraction of sp³-hybridized carbons (Fsp3) is 0.300. The average molecular weight is 368 g/mol. The number of carbonyl (C=O) groups is 1. The van der Waals surface area contributed by atoms with Crippen molar-refractivity contribution in [3.8, 4) is 0 Å². The molecule has 2 aromatic carbocycles. The first-order chi connectivity index (χ1) is 12.6. The van der Waals surface area contributed by atoms with Crippen LogP contribution in [-0.4, -0.2) is 39.3 Å². The van der Waals surface area contributed by atoms with Crippen LogP contribution in [-0.2, 0) is 10.8 Å². The van der Waals surface area contributed by atoms with Gasteiger partial charge < -0.3 is 9.32 Å². The number of nitrogens with zero attached hydrogens (tertiary/aromatic N) is 2. The highest BCUT2D eigenvalue weighted by molar-refractivity contribution is 7.84. The molecule has 0 radical (unpaired) electrons. The van der Waals surface area contributed by atoms with Gasteiger partial charge in [0.2, 0.25) is 0 Å². The molecule has 1 saturated heterocycles. The van der Waals surface area contributed by atoms with E-state index in [0.29, 0.717) is 18.7 Å². The lowest BCUT2D eigenvalue weighted by Crippen LogP contribution is -2.38. The van der Waals surface area contributed by atoms with Crippen LogP contribution < -0.4 is 0 Å². The van der Waals surface area contributed by atoms with E-state index in [2.05, 4.69) is 4.98 Å². The van der Waals surface area contributed by atoms with Gasteiger partial charge in [-0.2, -0.15) is 0 Å². The molecule has 5 nitrogen and oxygen atoms in total. The third kappa shape index (κ3) is 3.29. The van der Waals surface area contributed by atoms with E-state index < -0.39 is 10.8 Å². The first-order valence-corrected chi connectivity index (χ1v) is 10.3. The summed E-state index contributed by atoms with van der Waals surface area (Å²) in [7, 11) is -1.03. The summed E-state index contributed by atoms with van der Waals surface area (Å²) >= 11 is 0. The van der Waals surface area contributed by atoms with Crippen molar-refractivity contribution >= 4 is 27.8 Å². The highest BCUT2D eigenvalue weighted by atomic mass is 32.2. The molecule has 1 aromatic heterocycles. The second-order valence-electron chi connectivity index (χ2n) is 6.56. The van der Waals surface area contributed by atoms with Gasteiger partial charge in [-0.3, -0.25) is 9.00 Å². The normalized spacial score (nSPS) is 16.7. The molecule has 0 N–H and O–H groups in total. The number of rotatable bonds is 3. The topological polar surface area (TPSA) is 63.4 Å². The van der Waals surface area contributed by atoms with Gasteiger partial charge in [0, 0.05) is 46.5 Å². The van der Waals surface area contributed by atoms with E-state index in [1.807, 2.05) is 29.2 Å². The van der Waals surface area contributed by atoms with Crippen molar-refractivity contribution in [1.82, 2.24) is 9.88 Å². The zero-order valence-corrected chi connectivity index (χ0v) is 15.4. The Morgan fingerprint density at radius 2 is 1.81 bits per heavy atom. The Hall–Kier alpha value is -2.47. The number of hydrogen-bond acceptors (Lipinski definition) is 4. The number of amides is 1. The third-order valence-corrected chi connectivity index (χ3v) is 5.81. The van der Waals surface area contributed by atoms with Gasteiger partial charge in [0.1, 0.15) is 5.52 Å². The lowest BCUT2D eigenvalue weighted by atomic mass is 9.96. The van der Waals surface area contributed by atoms with Crippen LogP contribution in [0.4, 0.5) is 0 Å². The number of aromatic nitrogens is 1. The Labute approximate surface area is 154 Å². The van der Waals surface area contributed by atoms with Gasteiger partial charge in [0.05, 0.1) is 0 Å². The molecular weight excluding hydrogens is 348 g/mol. The Balaban J connectivity index is 1.42. The Kier molecular flexibility index (Phi) is 4.59. The quantitative estimate of drug-likeness (QED) is 0.709.